The van der Waals surface area contributed by atoms with Crippen molar-refractivity contribution in [3.8, 4) is 0 Å². The summed E-state index contributed by atoms with van der Waals surface area (Å²) in [5.41, 5.74) is 1.03. The van der Waals surface area contributed by atoms with Crippen molar-refractivity contribution in [2.75, 3.05) is 7.05 Å². The van der Waals surface area contributed by atoms with Gasteiger partial charge in [0.15, 0.2) is 0 Å². The zero-order valence-corrected chi connectivity index (χ0v) is 12.8. The maximum atomic E-state index is 14.1. The molecule has 2 unspecified atom stereocenters. The molecule has 0 saturated heterocycles. The summed E-state index contributed by atoms with van der Waals surface area (Å²) in [6, 6.07) is 5.81. The van der Waals surface area contributed by atoms with E-state index < -0.39 is 17.7 Å². The van der Waals surface area contributed by atoms with Crippen LogP contribution in [0.15, 0.2) is 41.1 Å². The first-order chi connectivity index (χ1) is 9.54. The molecule has 0 spiro atoms. The largest absolute Gasteiger partial charge is 0.312 e. The molecule has 0 radical (unpaired) electrons. The number of hydrogen-bond donors (Lipinski definition) is 1. The highest BCUT2D eigenvalue weighted by Crippen LogP contribution is 2.34. The predicted octanol–water partition coefficient (Wildman–Crippen LogP) is 4.19. The molecule has 0 fully saturated rings. The average molecular weight is 341 g/mol. The molecule has 5 heteroatoms. The molecule has 1 aromatic carbocycles. The minimum atomic E-state index is -0.558. The normalized spacial score (nSPS) is 14.1. The lowest BCUT2D eigenvalue weighted by Crippen LogP contribution is -2.24. The van der Waals surface area contributed by atoms with E-state index in [-0.39, 0.29) is 11.5 Å². The van der Waals surface area contributed by atoms with Crippen LogP contribution < -0.4 is 5.32 Å². The van der Waals surface area contributed by atoms with Gasteiger partial charge in [-0.3, -0.25) is 4.98 Å². The highest BCUT2D eigenvalue weighted by atomic mass is 79.9. The van der Waals surface area contributed by atoms with Gasteiger partial charge >= 0.3 is 0 Å². The smallest absolute Gasteiger partial charge is 0.132 e. The number of nitrogens with one attached hydrogen (secondary N) is 1. The van der Waals surface area contributed by atoms with Gasteiger partial charge in [0.1, 0.15) is 11.6 Å². The van der Waals surface area contributed by atoms with Crippen molar-refractivity contribution in [2.45, 2.75) is 18.9 Å². The summed E-state index contributed by atoms with van der Waals surface area (Å²) in [6.07, 6.45) is 3.35. The fourth-order valence-corrected chi connectivity index (χ4v) is 2.76. The summed E-state index contributed by atoms with van der Waals surface area (Å²) in [4.78, 5) is 3.96. The Bertz CT molecular complexity index is 567. The molecule has 2 atom stereocenters. The summed E-state index contributed by atoms with van der Waals surface area (Å²) < 4.78 is 28.6. The van der Waals surface area contributed by atoms with Crippen LogP contribution in [0.2, 0.25) is 0 Å². The number of halogens is 3. The molecule has 0 aliphatic heterocycles. The summed E-state index contributed by atoms with van der Waals surface area (Å²) >= 11 is 3.09. The Morgan fingerprint density at radius 2 is 1.70 bits per heavy atom. The first kappa shape index (κ1) is 15.1. The molecule has 0 bridgehead atoms. The molecular weight excluding hydrogens is 326 g/mol. The van der Waals surface area contributed by atoms with Crippen LogP contribution in [-0.2, 0) is 0 Å². The first-order valence-electron chi connectivity index (χ1n) is 6.26. The SMILES string of the molecule is CNC(c1c(F)cc(Br)cc1F)C(C)c1ccncc1. The van der Waals surface area contributed by atoms with E-state index in [9.17, 15) is 8.78 Å². The van der Waals surface area contributed by atoms with Crippen LogP contribution in [0.5, 0.6) is 0 Å². The maximum Gasteiger partial charge on any atom is 0.132 e. The minimum Gasteiger partial charge on any atom is -0.312 e. The molecule has 1 aromatic heterocycles. The maximum absolute atomic E-state index is 14.1. The summed E-state index contributed by atoms with van der Waals surface area (Å²) in [7, 11) is 1.70. The van der Waals surface area contributed by atoms with Crippen LogP contribution in [0.4, 0.5) is 8.78 Å². The van der Waals surface area contributed by atoms with Crippen molar-refractivity contribution >= 4 is 15.9 Å². The zero-order valence-electron chi connectivity index (χ0n) is 11.2. The third-order valence-electron chi connectivity index (χ3n) is 3.40. The van der Waals surface area contributed by atoms with Crippen LogP contribution in [-0.4, -0.2) is 12.0 Å². The number of aromatic nitrogens is 1. The van der Waals surface area contributed by atoms with E-state index in [1.165, 1.54) is 12.1 Å². The number of hydrogen-bond acceptors (Lipinski definition) is 2. The third-order valence-corrected chi connectivity index (χ3v) is 3.86. The number of nitrogens with zero attached hydrogens (tertiary/aromatic N) is 1. The van der Waals surface area contributed by atoms with Gasteiger partial charge in [-0.15, -0.1) is 0 Å². The predicted molar refractivity (Wildman–Crippen MR) is 78.5 cm³/mol. The van der Waals surface area contributed by atoms with E-state index in [1.54, 1.807) is 19.4 Å². The Labute approximate surface area is 125 Å². The monoisotopic (exact) mass is 340 g/mol. The highest BCUT2D eigenvalue weighted by molar-refractivity contribution is 9.10. The van der Waals surface area contributed by atoms with E-state index in [1.807, 2.05) is 19.1 Å². The highest BCUT2D eigenvalue weighted by Gasteiger charge is 2.25. The standard InChI is InChI=1S/C15H15BrF2N2/c1-9(10-3-5-20-6-4-10)15(19-2)14-12(17)7-11(16)8-13(14)18/h3-9,15,19H,1-2H3. The van der Waals surface area contributed by atoms with E-state index in [0.29, 0.717) is 4.47 Å². The first-order valence-corrected chi connectivity index (χ1v) is 7.05. The second-order valence-corrected chi connectivity index (χ2v) is 5.53. The molecular formula is C15H15BrF2N2. The Morgan fingerprint density at radius 3 is 2.20 bits per heavy atom. The molecule has 0 aliphatic rings. The van der Waals surface area contributed by atoms with Gasteiger partial charge in [-0.05, 0) is 36.9 Å². The Kier molecular flexibility index (Phi) is 4.83. The summed E-state index contributed by atoms with van der Waals surface area (Å²) in [5.74, 6) is -1.21. The fourth-order valence-electron chi connectivity index (χ4n) is 2.35. The van der Waals surface area contributed by atoms with Crippen LogP contribution in [0.1, 0.15) is 30.0 Å². The fraction of sp³-hybridized carbons (Fsp3) is 0.267. The van der Waals surface area contributed by atoms with E-state index in [2.05, 4.69) is 26.2 Å². The molecule has 2 rings (SSSR count). The molecule has 0 aliphatic carbocycles. The van der Waals surface area contributed by atoms with Crippen molar-refractivity contribution in [1.82, 2.24) is 10.3 Å². The van der Waals surface area contributed by atoms with Crippen molar-refractivity contribution in [1.29, 1.82) is 0 Å². The van der Waals surface area contributed by atoms with Gasteiger partial charge in [0.25, 0.3) is 0 Å². The quantitative estimate of drug-likeness (QED) is 0.902. The Balaban J connectivity index is 2.43. The molecule has 2 nitrogen and oxygen atoms in total. The van der Waals surface area contributed by atoms with Gasteiger partial charge < -0.3 is 5.32 Å². The molecule has 1 N–H and O–H groups in total. The van der Waals surface area contributed by atoms with Crippen LogP contribution in [0.25, 0.3) is 0 Å². The number of likely N-dealkylation sites (N-methyl/N-ethyl adjacent to an activating group) is 1. The van der Waals surface area contributed by atoms with E-state index in [4.69, 9.17) is 0 Å². The van der Waals surface area contributed by atoms with Gasteiger partial charge in [-0.2, -0.15) is 0 Å². The third kappa shape index (κ3) is 3.04. The second-order valence-electron chi connectivity index (χ2n) is 4.62. The van der Waals surface area contributed by atoms with Gasteiger partial charge in [0.05, 0.1) is 0 Å². The van der Waals surface area contributed by atoms with Crippen molar-refractivity contribution in [3.05, 3.63) is 63.9 Å². The molecule has 1 heterocycles. The lowest BCUT2D eigenvalue weighted by molar-refractivity contribution is 0.447. The number of benzene rings is 1. The average Bonchev–Trinajstić information content (AvgIpc) is 2.43. The van der Waals surface area contributed by atoms with Crippen LogP contribution in [0, 0.1) is 11.6 Å². The van der Waals surface area contributed by atoms with Crippen molar-refractivity contribution in [2.24, 2.45) is 0 Å². The van der Waals surface area contributed by atoms with Crippen LogP contribution >= 0.6 is 15.9 Å². The van der Waals surface area contributed by atoms with Gasteiger partial charge in [-0.25, -0.2) is 8.78 Å². The minimum absolute atomic E-state index is 0.0556. The molecule has 0 amide bonds. The van der Waals surface area contributed by atoms with E-state index in [0.717, 1.165) is 5.56 Å². The van der Waals surface area contributed by atoms with Gasteiger partial charge in [0, 0.05) is 34.4 Å². The van der Waals surface area contributed by atoms with Crippen molar-refractivity contribution < 1.29 is 8.78 Å². The summed E-state index contributed by atoms with van der Waals surface area (Å²) in [6.45, 7) is 1.93. The van der Waals surface area contributed by atoms with E-state index >= 15 is 0 Å². The van der Waals surface area contributed by atoms with Gasteiger partial charge in [-0.1, -0.05) is 22.9 Å². The lowest BCUT2D eigenvalue weighted by Gasteiger charge is -2.25. The zero-order chi connectivity index (χ0) is 14.7. The van der Waals surface area contributed by atoms with Crippen molar-refractivity contribution in [3.63, 3.8) is 0 Å². The molecule has 2 aromatic rings. The molecule has 106 valence electrons. The molecule has 20 heavy (non-hydrogen) atoms. The lowest BCUT2D eigenvalue weighted by atomic mass is 9.88. The number of pyridine rings is 1. The summed E-state index contributed by atoms with van der Waals surface area (Å²) in [5, 5.41) is 3.00. The Hall–Kier alpha value is -1.33. The van der Waals surface area contributed by atoms with Gasteiger partial charge in [0.2, 0.25) is 0 Å². The van der Waals surface area contributed by atoms with Crippen LogP contribution in [0.3, 0.4) is 0 Å². The topological polar surface area (TPSA) is 24.9 Å². The number of rotatable bonds is 4. The Morgan fingerprint density at radius 1 is 1.15 bits per heavy atom. The second kappa shape index (κ2) is 6.41. The molecule has 0 saturated carbocycles.